The summed E-state index contributed by atoms with van der Waals surface area (Å²) in [5, 5.41) is 3.66. The van der Waals surface area contributed by atoms with Crippen LogP contribution in [0.5, 0.6) is 5.75 Å². The average molecular weight is 447 g/mol. The minimum atomic E-state index is -3.61. The van der Waals surface area contributed by atoms with Crippen LogP contribution >= 0.6 is 0 Å². The third-order valence-electron chi connectivity index (χ3n) is 6.41. The maximum atomic E-state index is 13.0. The first-order valence-electron chi connectivity index (χ1n) is 10.8. The van der Waals surface area contributed by atoms with E-state index in [1.807, 2.05) is 54.6 Å². The van der Waals surface area contributed by atoms with Crippen molar-refractivity contribution < 1.29 is 13.2 Å². The molecule has 0 saturated heterocycles. The molecule has 0 amide bonds. The van der Waals surface area contributed by atoms with Gasteiger partial charge in [-0.15, -0.1) is 0 Å². The Morgan fingerprint density at radius 3 is 2.69 bits per heavy atom. The number of hydrogen-bond donors (Lipinski definition) is 2. The molecule has 0 radical (unpaired) electrons. The number of nitrogens with one attached hydrogen (secondary N) is 2. The van der Waals surface area contributed by atoms with Gasteiger partial charge in [-0.25, -0.2) is 13.1 Å². The van der Waals surface area contributed by atoms with Crippen molar-refractivity contribution in [2.75, 3.05) is 12.4 Å². The molecule has 0 aromatic heterocycles. The summed E-state index contributed by atoms with van der Waals surface area (Å²) in [7, 11) is -1.94. The molecule has 3 aromatic carbocycles. The van der Waals surface area contributed by atoms with Gasteiger partial charge in [0, 0.05) is 18.2 Å². The van der Waals surface area contributed by atoms with E-state index in [1.54, 1.807) is 13.2 Å². The van der Waals surface area contributed by atoms with Crippen molar-refractivity contribution in [3.8, 4) is 5.75 Å². The van der Waals surface area contributed by atoms with Gasteiger partial charge < -0.3 is 10.1 Å². The number of fused-ring (bicyclic) bond motifs is 3. The van der Waals surface area contributed by atoms with Crippen LogP contribution < -0.4 is 14.8 Å². The molecule has 32 heavy (non-hydrogen) atoms. The summed E-state index contributed by atoms with van der Waals surface area (Å²) in [6.07, 6.45) is 5.36. The van der Waals surface area contributed by atoms with E-state index in [9.17, 15) is 8.42 Å². The van der Waals surface area contributed by atoms with E-state index < -0.39 is 10.0 Å². The number of ether oxygens (including phenoxy) is 1. The lowest BCUT2D eigenvalue weighted by atomic mass is 9.77. The highest BCUT2D eigenvalue weighted by Crippen LogP contribution is 2.50. The standard InChI is InChI=1S/C26H26N2O3S/c1-31-20-10-5-9-19(15-20)26-23-12-6-11-22(23)24-16-21(13-14-25(24)28-26)32(29,30)27-17-18-7-3-2-4-8-18/h2-11,13-16,22-23,26-28H,12,17H2,1H3. The lowest BCUT2D eigenvalue weighted by Crippen LogP contribution is -2.30. The topological polar surface area (TPSA) is 67.4 Å². The van der Waals surface area contributed by atoms with Crippen LogP contribution in [0.2, 0.25) is 0 Å². The summed E-state index contributed by atoms with van der Waals surface area (Å²) < 4.78 is 34.1. The Balaban J connectivity index is 1.44. The van der Waals surface area contributed by atoms with Crippen LogP contribution in [0, 0.1) is 5.92 Å². The van der Waals surface area contributed by atoms with Gasteiger partial charge in [0.15, 0.2) is 0 Å². The summed E-state index contributed by atoms with van der Waals surface area (Å²) >= 11 is 0. The fourth-order valence-corrected chi connectivity index (χ4v) is 5.81. The largest absolute Gasteiger partial charge is 0.497 e. The number of benzene rings is 3. The molecule has 0 fully saturated rings. The first-order chi connectivity index (χ1) is 15.5. The SMILES string of the molecule is COc1cccc(C2Nc3ccc(S(=O)(=O)NCc4ccccc4)cc3C3C=CCC32)c1. The Labute approximate surface area is 189 Å². The number of rotatable bonds is 6. The van der Waals surface area contributed by atoms with Gasteiger partial charge in [-0.3, -0.25) is 0 Å². The van der Waals surface area contributed by atoms with Crippen LogP contribution in [-0.4, -0.2) is 15.5 Å². The maximum Gasteiger partial charge on any atom is 0.240 e. The zero-order chi connectivity index (χ0) is 22.1. The lowest BCUT2D eigenvalue weighted by Gasteiger charge is -2.37. The number of hydrogen-bond acceptors (Lipinski definition) is 4. The summed E-state index contributed by atoms with van der Waals surface area (Å²) in [5.41, 5.74) is 4.11. The summed E-state index contributed by atoms with van der Waals surface area (Å²) in [5.74, 6) is 1.33. The summed E-state index contributed by atoms with van der Waals surface area (Å²) in [4.78, 5) is 0.299. The molecule has 5 rings (SSSR count). The third kappa shape index (κ3) is 3.92. The lowest BCUT2D eigenvalue weighted by molar-refractivity contribution is 0.406. The van der Waals surface area contributed by atoms with Crippen LogP contribution in [0.15, 0.2) is 89.8 Å². The maximum absolute atomic E-state index is 13.0. The van der Waals surface area contributed by atoms with E-state index in [-0.39, 0.29) is 18.5 Å². The van der Waals surface area contributed by atoms with E-state index in [4.69, 9.17) is 4.74 Å². The fraction of sp³-hybridized carbons (Fsp3) is 0.231. The van der Waals surface area contributed by atoms with Gasteiger partial charge in [0.05, 0.1) is 18.0 Å². The molecule has 0 bridgehead atoms. The van der Waals surface area contributed by atoms with Gasteiger partial charge >= 0.3 is 0 Å². The van der Waals surface area contributed by atoms with Crippen LogP contribution in [0.3, 0.4) is 0 Å². The minimum Gasteiger partial charge on any atom is -0.497 e. The van der Waals surface area contributed by atoms with Crippen molar-refractivity contribution in [2.45, 2.75) is 29.8 Å². The Kier molecular flexibility index (Phi) is 5.49. The van der Waals surface area contributed by atoms with Crippen molar-refractivity contribution in [1.29, 1.82) is 0 Å². The Bertz CT molecular complexity index is 1260. The number of sulfonamides is 1. The van der Waals surface area contributed by atoms with Crippen molar-refractivity contribution >= 4 is 15.7 Å². The van der Waals surface area contributed by atoms with Crippen molar-refractivity contribution in [2.24, 2.45) is 5.92 Å². The van der Waals surface area contributed by atoms with Crippen LogP contribution in [0.1, 0.15) is 35.1 Å². The molecular formula is C26H26N2O3S. The molecule has 6 heteroatoms. The first-order valence-corrected chi connectivity index (χ1v) is 12.3. The minimum absolute atomic E-state index is 0.135. The highest BCUT2D eigenvalue weighted by molar-refractivity contribution is 7.89. The Morgan fingerprint density at radius 2 is 1.88 bits per heavy atom. The average Bonchev–Trinajstić information content (AvgIpc) is 3.33. The van der Waals surface area contributed by atoms with Gasteiger partial charge in [0.2, 0.25) is 10.0 Å². The second-order valence-electron chi connectivity index (χ2n) is 8.31. The van der Waals surface area contributed by atoms with Crippen LogP contribution in [-0.2, 0) is 16.6 Å². The third-order valence-corrected chi connectivity index (χ3v) is 7.81. The quantitative estimate of drug-likeness (QED) is 0.523. The van der Waals surface area contributed by atoms with Gasteiger partial charge in [-0.05, 0) is 59.4 Å². The van der Waals surface area contributed by atoms with Gasteiger partial charge in [-0.1, -0.05) is 54.6 Å². The second kappa shape index (κ2) is 8.45. The number of anilines is 1. The molecule has 2 aliphatic rings. The Morgan fingerprint density at radius 1 is 1.03 bits per heavy atom. The van der Waals surface area contributed by atoms with Crippen molar-refractivity contribution in [1.82, 2.24) is 4.72 Å². The Hall–Kier alpha value is -3.09. The first kappa shape index (κ1) is 20.8. The molecule has 5 nitrogen and oxygen atoms in total. The smallest absolute Gasteiger partial charge is 0.240 e. The zero-order valence-corrected chi connectivity index (χ0v) is 18.7. The molecule has 0 saturated carbocycles. The predicted octanol–water partition coefficient (Wildman–Crippen LogP) is 5.00. The van der Waals surface area contributed by atoms with Crippen molar-refractivity contribution in [3.63, 3.8) is 0 Å². The summed E-state index contributed by atoms with van der Waals surface area (Å²) in [6.45, 7) is 0.266. The molecule has 3 unspecified atom stereocenters. The molecule has 1 heterocycles. The van der Waals surface area contributed by atoms with Crippen LogP contribution in [0.4, 0.5) is 5.69 Å². The molecular weight excluding hydrogens is 420 g/mol. The van der Waals surface area contributed by atoms with E-state index in [0.29, 0.717) is 10.8 Å². The van der Waals surface area contributed by atoms with Gasteiger partial charge in [-0.2, -0.15) is 0 Å². The zero-order valence-electron chi connectivity index (χ0n) is 17.9. The van der Waals surface area contributed by atoms with Crippen molar-refractivity contribution in [3.05, 3.63) is 102 Å². The fourth-order valence-electron chi connectivity index (χ4n) is 4.76. The van der Waals surface area contributed by atoms with Gasteiger partial charge in [0.1, 0.15) is 5.75 Å². The second-order valence-corrected chi connectivity index (χ2v) is 10.1. The predicted molar refractivity (Wildman–Crippen MR) is 126 cm³/mol. The highest BCUT2D eigenvalue weighted by atomic mass is 32.2. The monoisotopic (exact) mass is 446 g/mol. The van der Waals surface area contributed by atoms with E-state index in [2.05, 4.69) is 34.3 Å². The van der Waals surface area contributed by atoms with E-state index in [0.717, 1.165) is 29.0 Å². The molecule has 1 aliphatic carbocycles. The molecule has 0 spiro atoms. The van der Waals surface area contributed by atoms with Gasteiger partial charge in [0.25, 0.3) is 0 Å². The number of methoxy groups -OCH3 is 1. The molecule has 3 atom stereocenters. The number of allylic oxidation sites excluding steroid dienone is 2. The van der Waals surface area contributed by atoms with E-state index >= 15 is 0 Å². The highest BCUT2D eigenvalue weighted by Gasteiger charge is 2.38. The molecule has 164 valence electrons. The normalized spacial score (nSPS) is 21.5. The van der Waals surface area contributed by atoms with Crippen LogP contribution in [0.25, 0.3) is 0 Å². The van der Waals surface area contributed by atoms with E-state index in [1.165, 1.54) is 5.56 Å². The summed E-state index contributed by atoms with van der Waals surface area (Å²) in [6, 6.07) is 23.2. The molecule has 3 aromatic rings. The molecule has 1 aliphatic heterocycles. The molecule has 2 N–H and O–H groups in total.